The first kappa shape index (κ1) is 16.2. The monoisotopic (exact) mass is 327 g/mol. The van der Waals surface area contributed by atoms with E-state index in [9.17, 15) is 4.79 Å². The maximum atomic E-state index is 12.2. The van der Waals surface area contributed by atoms with E-state index >= 15 is 0 Å². The third-order valence-electron chi connectivity index (χ3n) is 3.89. The molecule has 0 radical (unpaired) electrons. The van der Waals surface area contributed by atoms with Crippen molar-refractivity contribution in [3.05, 3.63) is 53.6 Å². The minimum absolute atomic E-state index is 0.0956. The predicted octanol–water partition coefficient (Wildman–Crippen LogP) is 2.83. The smallest absolute Gasteiger partial charge is 0.251 e. The van der Waals surface area contributed by atoms with Gasteiger partial charge in [0.15, 0.2) is 11.5 Å². The Morgan fingerprint density at radius 1 is 1.08 bits per heavy atom. The Kier molecular flexibility index (Phi) is 5.21. The quantitative estimate of drug-likeness (QED) is 0.829. The fourth-order valence-corrected chi connectivity index (χ4v) is 2.57. The summed E-state index contributed by atoms with van der Waals surface area (Å²) in [4.78, 5) is 12.2. The van der Waals surface area contributed by atoms with Crippen molar-refractivity contribution >= 4 is 5.91 Å². The van der Waals surface area contributed by atoms with Crippen LogP contribution in [0, 0.1) is 0 Å². The Hall–Kier alpha value is -2.69. The lowest BCUT2D eigenvalue weighted by molar-refractivity contribution is 0.0952. The van der Waals surface area contributed by atoms with Crippen LogP contribution in [0.4, 0.5) is 0 Å². The molecule has 0 bridgehead atoms. The van der Waals surface area contributed by atoms with Gasteiger partial charge in [0.05, 0.1) is 7.11 Å². The molecule has 1 aliphatic rings. The first-order chi connectivity index (χ1) is 11.8. The van der Waals surface area contributed by atoms with Gasteiger partial charge in [0, 0.05) is 12.1 Å². The van der Waals surface area contributed by atoms with Crippen LogP contribution >= 0.6 is 0 Å². The molecular formula is C19H21NO4. The van der Waals surface area contributed by atoms with E-state index in [2.05, 4.69) is 5.32 Å². The fourth-order valence-electron chi connectivity index (χ4n) is 2.57. The van der Waals surface area contributed by atoms with Crippen LogP contribution in [-0.2, 0) is 6.42 Å². The molecule has 0 spiro atoms. The largest absolute Gasteiger partial charge is 0.497 e. The normalized spacial score (nSPS) is 12.5. The van der Waals surface area contributed by atoms with Crippen LogP contribution in [0.3, 0.4) is 0 Å². The van der Waals surface area contributed by atoms with E-state index in [0.717, 1.165) is 18.6 Å². The van der Waals surface area contributed by atoms with Crippen LogP contribution in [0.15, 0.2) is 42.5 Å². The Morgan fingerprint density at radius 3 is 2.58 bits per heavy atom. The van der Waals surface area contributed by atoms with E-state index in [4.69, 9.17) is 14.2 Å². The lowest BCUT2D eigenvalue weighted by Crippen LogP contribution is -2.25. The molecule has 0 saturated carbocycles. The number of carbonyl (C=O) groups is 1. The van der Waals surface area contributed by atoms with Gasteiger partial charge in [-0.3, -0.25) is 4.79 Å². The number of rotatable bonds is 6. The molecule has 1 aliphatic heterocycles. The Balaban J connectivity index is 1.47. The fraction of sp³-hybridized carbons (Fsp3) is 0.316. The molecule has 24 heavy (non-hydrogen) atoms. The van der Waals surface area contributed by atoms with Gasteiger partial charge in [-0.25, -0.2) is 0 Å². The lowest BCUT2D eigenvalue weighted by Gasteiger charge is -2.18. The van der Waals surface area contributed by atoms with Gasteiger partial charge in [-0.05, 0) is 48.7 Å². The molecule has 0 aromatic heterocycles. The summed E-state index contributed by atoms with van der Waals surface area (Å²) in [5.74, 6) is 2.08. The standard InChI is InChI=1S/C19H21NO4/c1-22-16-7-4-14(5-8-16)3-2-10-20-19(21)15-6-9-17-18(13-15)24-12-11-23-17/h4-9,13H,2-3,10-12H2,1H3,(H,20,21). The molecule has 1 N–H and O–H groups in total. The van der Waals surface area contributed by atoms with Gasteiger partial charge >= 0.3 is 0 Å². The van der Waals surface area contributed by atoms with Crippen molar-refractivity contribution in [1.29, 1.82) is 0 Å². The van der Waals surface area contributed by atoms with E-state index < -0.39 is 0 Å². The first-order valence-electron chi connectivity index (χ1n) is 8.07. The number of amides is 1. The second kappa shape index (κ2) is 7.73. The van der Waals surface area contributed by atoms with Gasteiger partial charge < -0.3 is 19.5 Å². The number of nitrogens with one attached hydrogen (secondary N) is 1. The van der Waals surface area contributed by atoms with Crippen LogP contribution < -0.4 is 19.5 Å². The second-order valence-electron chi connectivity index (χ2n) is 5.57. The molecule has 0 fully saturated rings. The highest BCUT2D eigenvalue weighted by Crippen LogP contribution is 2.30. The summed E-state index contributed by atoms with van der Waals surface area (Å²) in [5.41, 5.74) is 1.81. The zero-order valence-electron chi connectivity index (χ0n) is 13.7. The highest BCUT2D eigenvalue weighted by molar-refractivity contribution is 5.94. The van der Waals surface area contributed by atoms with Crippen LogP contribution in [0.5, 0.6) is 17.2 Å². The molecule has 2 aromatic rings. The van der Waals surface area contributed by atoms with Crippen molar-refractivity contribution in [3.8, 4) is 17.2 Å². The van der Waals surface area contributed by atoms with Gasteiger partial charge in [-0.2, -0.15) is 0 Å². The van der Waals surface area contributed by atoms with Crippen molar-refractivity contribution in [1.82, 2.24) is 5.32 Å². The van der Waals surface area contributed by atoms with Gasteiger partial charge in [-0.15, -0.1) is 0 Å². The molecule has 5 heteroatoms. The first-order valence-corrected chi connectivity index (χ1v) is 8.07. The van der Waals surface area contributed by atoms with Crippen LogP contribution in [0.2, 0.25) is 0 Å². The zero-order chi connectivity index (χ0) is 16.8. The SMILES string of the molecule is COc1ccc(CCCNC(=O)c2ccc3c(c2)OCCO3)cc1. The minimum atomic E-state index is -0.0956. The summed E-state index contributed by atoms with van der Waals surface area (Å²) in [7, 11) is 1.66. The highest BCUT2D eigenvalue weighted by atomic mass is 16.6. The number of benzene rings is 2. The summed E-state index contributed by atoms with van der Waals surface area (Å²) >= 11 is 0. The van der Waals surface area contributed by atoms with Crippen LogP contribution in [-0.4, -0.2) is 32.8 Å². The number of methoxy groups -OCH3 is 1. The number of hydrogen-bond acceptors (Lipinski definition) is 4. The molecule has 1 heterocycles. The van der Waals surface area contributed by atoms with Crippen molar-refractivity contribution < 1.29 is 19.0 Å². The second-order valence-corrected chi connectivity index (χ2v) is 5.57. The Bertz CT molecular complexity index is 697. The van der Waals surface area contributed by atoms with Gasteiger partial charge in [-0.1, -0.05) is 12.1 Å². The molecule has 3 rings (SSSR count). The summed E-state index contributed by atoms with van der Waals surface area (Å²) in [6.07, 6.45) is 1.79. The summed E-state index contributed by atoms with van der Waals surface area (Å²) < 4.78 is 16.1. The Morgan fingerprint density at radius 2 is 1.83 bits per heavy atom. The predicted molar refractivity (Wildman–Crippen MR) is 91.1 cm³/mol. The Labute approximate surface area is 141 Å². The van der Waals surface area contributed by atoms with E-state index in [1.807, 2.05) is 24.3 Å². The van der Waals surface area contributed by atoms with Crippen molar-refractivity contribution in [2.45, 2.75) is 12.8 Å². The number of aryl methyl sites for hydroxylation is 1. The van der Waals surface area contributed by atoms with Crippen molar-refractivity contribution in [2.24, 2.45) is 0 Å². The topological polar surface area (TPSA) is 56.8 Å². The summed E-state index contributed by atoms with van der Waals surface area (Å²) in [6.45, 7) is 1.68. The average molecular weight is 327 g/mol. The maximum absolute atomic E-state index is 12.2. The molecule has 1 amide bonds. The van der Waals surface area contributed by atoms with Gasteiger partial charge in [0.25, 0.3) is 5.91 Å². The molecule has 0 atom stereocenters. The van der Waals surface area contributed by atoms with E-state index in [1.165, 1.54) is 5.56 Å². The third-order valence-corrected chi connectivity index (χ3v) is 3.89. The summed E-state index contributed by atoms with van der Waals surface area (Å²) in [6, 6.07) is 13.2. The van der Waals surface area contributed by atoms with E-state index in [-0.39, 0.29) is 5.91 Å². The van der Waals surface area contributed by atoms with E-state index in [0.29, 0.717) is 36.8 Å². The van der Waals surface area contributed by atoms with Crippen LogP contribution in [0.25, 0.3) is 0 Å². The molecule has 0 unspecified atom stereocenters. The molecule has 2 aromatic carbocycles. The summed E-state index contributed by atoms with van der Waals surface area (Å²) in [5, 5.41) is 2.94. The molecule has 126 valence electrons. The maximum Gasteiger partial charge on any atom is 0.251 e. The van der Waals surface area contributed by atoms with E-state index in [1.54, 1.807) is 25.3 Å². The molecule has 0 aliphatic carbocycles. The highest BCUT2D eigenvalue weighted by Gasteiger charge is 2.14. The van der Waals surface area contributed by atoms with Gasteiger partial charge in [0.2, 0.25) is 0 Å². The number of fused-ring (bicyclic) bond motifs is 1. The lowest BCUT2D eigenvalue weighted by atomic mass is 10.1. The molecule has 0 saturated heterocycles. The van der Waals surface area contributed by atoms with Crippen LogP contribution in [0.1, 0.15) is 22.3 Å². The number of ether oxygens (including phenoxy) is 3. The molecular weight excluding hydrogens is 306 g/mol. The van der Waals surface area contributed by atoms with Crippen molar-refractivity contribution in [2.75, 3.05) is 26.9 Å². The number of hydrogen-bond donors (Lipinski definition) is 1. The van der Waals surface area contributed by atoms with Gasteiger partial charge in [0.1, 0.15) is 19.0 Å². The van der Waals surface area contributed by atoms with Crippen molar-refractivity contribution in [3.63, 3.8) is 0 Å². The zero-order valence-corrected chi connectivity index (χ0v) is 13.7. The average Bonchev–Trinajstić information content (AvgIpc) is 2.65. The third kappa shape index (κ3) is 3.98. The minimum Gasteiger partial charge on any atom is -0.497 e. The number of carbonyl (C=O) groups excluding carboxylic acids is 1. The molecule has 5 nitrogen and oxygen atoms in total.